The highest BCUT2D eigenvalue weighted by Crippen LogP contribution is 2.30. The van der Waals surface area contributed by atoms with E-state index in [0.29, 0.717) is 67.1 Å². The maximum absolute atomic E-state index is 14.1. The first-order chi connectivity index (χ1) is 54.5. The van der Waals surface area contributed by atoms with Gasteiger partial charge in [-0.15, -0.1) is 0 Å². The maximum atomic E-state index is 14.1. The van der Waals surface area contributed by atoms with Crippen LogP contribution in [0.1, 0.15) is 231 Å². The van der Waals surface area contributed by atoms with Gasteiger partial charge in [-0.3, -0.25) is 52.7 Å². The number of esters is 2. The molecule has 3 unspecified atom stereocenters. The fourth-order valence-electron chi connectivity index (χ4n) is 14.3. The topological polar surface area (TPSA) is 399 Å². The Morgan fingerprint density at radius 2 is 0.895 bits per heavy atom. The second-order valence-corrected chi connectivity index (χ2v) is 31.9. The molecule has 10 amide bonds. The molecule has 0 saturated heterocycles. The van der Waals surface area contributed by atoms with Crippen molar-refractivity contribution in [3.05, 3.63) is 131 Å². The van der Waals surface area contributed by atoms with Crippen molar-refractivity contribution < 1.29 is 86.4 Å². The summed E-state index contributed by atoms with van der Waals surface area (Å²) in [5.74, 6) is -7.50. The Bertz CT molecular complexity index is 3850. The number of carbonyl (C=O) groups excluding carboxylic acids is 13. The maximum Gasteiger partial charge on any atom is 0.333 e. The zero-order chi connectivity index (χ0) is 82.7. The van der Waals surface area contributed by atoms with Gasteiger partial charge in [-0.05, 0) is 177 Å². The molecule has 8 rings (SSSR count). The second-order valence-electron chi connectivity index (χ2n) is 31.9. The zero-order valence-corrected chi connectivity index (χ0v) is 67.4. The summed E-state index contributed by atoms with van der Waals surface area (Å²) in [7, 11) is 0. The van der Waals surface area contributed by atoms with Crippen molar-refractivity contribution in [2.24, 2.45) is 11.8 Å². The van der Waals surface area contributed by atoms with Gasteiger partial charge in [0.05, 0.1) is 38.4 Å². The summed E-state index contributed by atoms with van der Waals surface area (Å²) in [4.78, 5) is 175. The van der Waals surface area contributed by atoms with Crippen molar-refractivity contribution >= 4 is 76.8 Å². The number of amides is 10. The fourth-order valence-corrected chi connectivity index (χ4v) is 14.3. The smallest absolute Gasteiger partial charge is 0.333 e. The van der Waals surface area contributed by atoms with E-state index in [1.165, 1.54) is 0 Å². The molecule has 4 aromatic carbocycles. The molecular weight excluding hydrogens is 1460 g/mol. The lowest BCUT2D eigenvalue weighted by molar-refractivity contribution is -0.159. The Labute approximate surface area is 669 Å². The molecule has 2 aliphatic carbocycles. The predicted octanol–water partition coefficient (Wildman–Crippen LogP) is 7.59. The number of Topliss-reactive ketones (excluding diaryl/α,β-unsaturated/α-hetero) is 1. The Morgan fingerprint density at radius 3 is 1.32 bits per heavy atom. The van der Waals surface area contributed by atoms with Crippen LogP contribution in [0.5, 0.6) is 11.5 Å². The SMILES string of the molecule is CCCC(NC(=O)[C@@H]1Cc2cccc(c2)OCCCCCC(=O)N[C@@H](C2CCCCC2)C(=O)N1)C(=O)C(=O)NCC(=O)N[C@H](C(=O)OC(C)(C)C)c1ccccc1.CCCC(NC(=O)[C@@H]1Cc2cccc(c2)OCCCCCC(=O)N[C@@H](C2CCCCC2)C(=O)N1)C(O)C(=O)NCC(=O)N[C@H](C(=O)OC(C)(C)C)c1ccccc1. The summed E-state index contributed by atoms with van der Waals surface area (Å²) in [5.41, 5.74) is 0.726. The molecule has 0 aromatic heterocycles. The van der Waals surface area contributed by atoms with Gasteiger partial charge >= 0.3 is 11.9 Å². The Hall–Kier alpha value is -10.3. The monoisotopic (exact) mass is 1580 g/mol. The summed E-state index contributed by atoms with van der Waals surface area (Å²) in [6.45, 7) is 13.6. The third-order valence-corrected chi connectivity index (χ3v) is 20.0. The normalized spacial score (nSPS) is 20.0. The highest BCUT2D eigenvalue weighted by atomic mass is 16.6. The molecule has 2 heterocycles. The first-order valence-electron chi connectivity index (χ1n) is 40.6. The molecule has 622 valence electrons. The van der Waals surface area contributed by atoms with Crippen molar-refractivity contribution in [2.45, 2.75) is 275 Å². The van der Waals surface area contributed by atoms with E-state index in [0.717, 1.165) is 95.5 Å². The highest BCUT2D eigenvalue weighted by Gasteiger charge is 2.39. The van der Waals surface area contributed by atoms with Crippen LogP contribution < -0.4 is 62.6 Å². The van der Waals surface area contributed by atoms with Gasteiger partial charge in [0.1, 0.15) is 46.9 Å². The molecule has 4 aliphatic rings. The lowest BCUT2D eigenvalue weighted by atomic mass is 9.83. The quantitative estimate of drug-likeness (QED) is 0.0237. The molecule has 9 atom stereocenters. The van der Waals surface area contributed by atoms with Gasteiger partial charge < -0.3 is 77.2 Å². The molecule has 4 bridgehead atoms. The van der Waals surface area contributed by atoms with Crippen molar-refractivity contribution in [3.63, 3.8) is 0 Å². The van der Waals surface area contributed by atoms with E-state index in [-0.39, 0.29) is 62.2 Å². The first kappa shape index (κ1) is 90.9. The number of carbonyl (C=O) groups is 13. The average Bonchev–Trinajstić information content (AvgIpc) is 0.850. The first-order valence-corrected chi connectivity index (χ1v) is 40.6. The molecule has 2 fully saturated rings. The summed E-state index contributed by atoms with van der Waals surface area (Å²) < 4.78 is 22.9. The number of ketones is 1. The van der Waals surface area contributed by atoms with E-state index in [1.54, 1.807) is 133 Å². The largest absolute Gasteiger partial charge is 0.494 e. The number of aliphatic hydroxyl groups excluding tert-OH is 1. The van der Waals surface area contributed by atoms with Gasteiger partial charge in [-0.25, -0.2) is 9.59 Å². The molecule has 11 N–H and O–H groups in total. The third-order valence-electron chi connectivity index (χ3n) is 20.0. The average molecular weight is 1580 g/mol. The van der Waals surface area contributed by atoms with Crippen LogP contribution in [0.25, 0.3) is 0 Å². The standard InChI is InChI=1S/C43H61N5O9.C43H59N5O9/c2*1-5-16-32(38(51)41(54)44-27-35(50)48-37(30-20-11-7-12-21-30)42(55)57-43(2,3)4)45-39(52)33-26-28-17-15-22-31(25-28)56-24-14-8-13-23-34(49)47-36(40(53)46-33)29-18-9-6-10-19-29/h7,11-12,15,17,20-22,25,29,32-33,36-38,51H,5-6,8-10,13-14,16,18-19,23-24,26-27H2,1-4H3,(H,44,54)(H,45,52)(H,46,53)(H,47,49)(H,48,50);7,11-12,15,17,20-22,25,29,32-33,36-37H,5-6,8-10,13-14,16,18-19,23-24,26-27H2,1-4H3,(H,44,54)(H,45,52)(H,46,53)(H,47,49)(H,48,50)/t32?,33-,36-,37-,38?;32?,33-,36-,37-/m00/s1. The molecule has 114 heavy (non-hydrogen) atoms. The van der Waals surface area contributed by atoms with Crippen LogP contribution in [0.4, 0.5) is 0 Å². The second kappa shape index (κ2) is 46.2. The van der Waals surface area contributed by atoms with Crippen molar-refractivity contribution in [1.29, 1.82) is 0 Å². The number of hydrogen-bond donors (Lipinski definition) is 11. The lowest BCUT2D eigenvalue weighted by Gasteiger charge is -2.32. The predicted molar refractivity (Wildman–Crippen MR) is 426 cm³/mol. The van der Waals surface area contributed by atoms with Crippen LogP contribution in [-0.2, 0) is 84.6 Å². The van der Waals surface area contributed by atoms with E-state index in [1.807, 2.05) is 31.2 Å². The van der Waals surface area contributed by atoms with Crippen LogP contribution in [0.2, 0.25) is 0 Å². The summed E-state index contributed by atoms with van der Waals surface area (Å²) in [6, 6.07) is 22.9. The molecule has 2 aliphatic heterocycles. The van der Waals surface area contributed by atoms with Crippen molar-refractivity contribution in [2.75, 3.05) is 26.3 Å². The molecule has 28 nitrogen and oxygen atoms in total. The molecule has 0 spiro atoms. The highest BCUT2D eigenvalue weighted by molar-refractivity contribution is 6.38. The molecular formula is C86H120N10O18. The Kier molecular flexibility index (Phi) is 36.8. The van der Waals surface area contributed by atoms with Gasteiger partial charge in [0.15, 0.2) is 18.2 Å². The van der Waals surface area contributed by atoms with Gasteiger partial charge in [0.2, 0.25) is 53.0 Å². The van der Waals surface area contributed by atoms with Crippen LogP contribution in [0.3, 0.4) is 0 Å². The third kappa shape index (κ3) is 31.3. The minimum atomic E-state index is -1.76. The number of aliphatic hydroxyl groups is 1. The summed E-state index contributed by atoms with van der Waals surface area (Å²) >= 11 is 0. The van der Waals surface area contributed by atoms with Gasteiger partial charge in [-0.2, -0.15) is 0 Å². The minimum absolute atomic E-state index is 0.0414. The van der Waals surface area contributed by atoms with E-state index >= 15 is 0 Å². The number of fused-ring (bicyclic) bond motifs is 4. The number of hydrogen-bond acceptors (Lipinski definition) is 18. The van der Waals surface area contributed by atoms with Crippen molar-refractivity contribution in [1.82, 2.24) is 53.2 Å². The van der Waals surface area contributed by atoms with Crippen LogP contribution in [0, 0.1) is 11.8 Å². The van der Waals surface area contributed by atoms with Crippen molar-refractivity contribution in [3.8, 4) is 11.5 Å². The molecule has 4 aromatic rings. The van der Waals surface area contributed by atoms with E-state index in [2.05, 4.69) is 53.2 Å². The summed E-state index contributed by atoms with van der Waals surface area (Å²) in [6.07, 6.45) is 13.4. The molecule has 0 radical (unpaired) electrons. The Balaban J connectivity index is 0.000000316. The van der Waals surface area contributed by atoms with Crippen LogP contribution in [-0.4, -0.2) is 162 Å². The van der Waals surface area contributed by atoms with Crippen LogP contribution >= 0.6 is 0 Å². The number of benzene rings is 4. The van der Waals surface area contributed by atoms with Gasteiger partial charge in [0, 0.05) is 25.7 Å². The number of nitrogens with one attached hydrogen (secondary N) is 10. The Morgan fingerprint density at radius 1 is 0.482 bits per heavy atom. The zero-order valence-electron chi connectivity index (χ0n) is 67.4. The molecule has 28 heteroatoms. The molecule has 2 saturated carbocycles. The van der Waals surface area contributed by atoms with E-state index in [9.17, 15) is 67.4 Å². The van der Waals surface area contributed by atoms with Gasteiger partial charge in [0.25, 0.3) is 11.8 Å². The van der Waals surface area contributed by atoms with Crippen LogP contribution in [0.15, 0.2) is 109 Å². The number of rotatable bonds is 24. The summed E-state index contributed by atoms with van der Waals surface area (Å²) in [5, 5.41) is 38.3. The van der Waals surface area contributed by atoms with E-state index < -0.39 is 144 Å². The van der Waals surface area contributed by atoms with E-state index in [4.69, 9.17) is 18.9 Å². The lowest BCUT2D eigenvalue weighted by Crippen LogP contribution is -2.59. The fraction of sp³-hybridized carbons (Fsp3) is 0.570. The number of ether oxygens (including phenoxy) is 4. The minimum Gasteiger partial charge on any atom is -0.494 e. The van der Waals surface area contributed by atoms with Gasteiger partial charge in [-0.1, -0.05) is 150 Å².